The fraction of sp³-hybridized carbons (Fsp3) is 0.438. The van der Waals surface area contributed by atoms with Gasteiger partial charge in [-0.3, -0.25) is 4.79 Å². The molecule has 1 fully saturated rings. The Hall–Kier alpha value is -1.83. The molecule has 2 rings (SSSR count). The van der Waals surface area contributed by atoms with Crippen molar-refractivity contribution in [1.82, 2.24) is 0 Å². The molecule has 1 amide bonds. The fourth-order valence-electron chi connectivity index (χ4n) is 2.22. The largest absolute Gasteiger partial charge is 0.384 e. The summed E-state index contributed by atoms with van der Waals surface area (Å²) in [6.45, 7) is 4.18. The zero-order chi connectivity index (χ0) is 14.6. The SMILES string of the molecule is Cc1ccc(NC(=O)C2(C)CCCO2)c(C#CCO)c1. The second-order valence-electron chi connectivity index (χ2n) is 5.15. The average molecular weight is 273 g/mol. The van der Waals surface area contributed by atoms with Gasteiger partial charge in [-0.05, 0) is 44.4 Å². The van der Waals surface area contributed by atoms with Crippen LogP contribution in [-0.2, 0) is 9.53 Å². The monoisotopic (exact) mass is 273 g/mol. The van der Waals surface area contributed by atoms with Crippen LogP contribution in [0.2, 0.25) is 0 Å². The molecule has 1 aliphatic rings. The van der Waals surface area contributed by atoms with Gasteiger partial charge in [-0.15, -0.1) is 0 Å². The van der Waals surface area contributed by atoms with E-state index < -0.39 is 5.60 Å². The Kier molecular flexibility index (Phi) is 4.43. The van der Waals surface area contributed by atoms with Crippen molar-refractivity contribution >= 4 is 11.6 Å². The first kappa shape index (κ1) is 14.6. The quantitative estimate of drug-likeness (QED) is 0.808. The standard InChI is InChI=1S/C16H19NO3/c1-12-6-7-14(13(11-12)5-3-9-18)17-15(19)16(2)8-4-10-20-16/h6-7,11,18H,4,8-10H2,1-2H3,(H,17,19). The van der Waals surface area contributed by atoms with Crippen LogP contribution in [0, 0.1) is 18.8 Å². The topological polar surface area (TPSA) is 58.6 Å². The summed E-state index contributed by atoms with van der Waals surface area (Å²) in [4.78, 5) is 12.3. The Morgan fingerprint density at radius 2 is 2.35 bits per heavy atom. The van der Waals surface area contributed by atoms with Crippen LogP contribution in [0.1, 0.15) is 30.9 Å². The summed E-state index contributed by atoms with van der Waals surface area (Å²) < 4.78 is 5.53. The molecule has 4 heteroatoms. The highest BCUT2D eigenvalue weighted by Gasteiger charge is 2.37. The minimum absolute atomic E-state index is 0.147. The van der Waals surface area contributed by atoms with Crippen molar-refractivity contribution in [2.45, 2.75) is 32.3 Å². The molecule has 106 valence electrons. The number of aryl methyl sites for hydroxylation is 1. The van der Waals surface area contributed by atoms with Crippen LogP contribution < -0.4 is 5.32 Å². The van der Waals surface area contributed by atoms with E-state index in [1.54, 1.807) is 0 Å². The van der Waals surface area contributed by atoms with E-state index in [1.165, 1.54) is 0 Å². The Bertz CT molecular complexity index is 563. The van der Waals surface area contributed by atoms with Gasteiger partial charge in [0, 0.05) is 12.2 Å². The molecule has 2 N–H and O–H groups in total. The van der Waals surface area contributed by atoms with Crippen LogP contribution in [0.5, 0.6) is 0 Å². The van der Waals surface area contributed by atoms with Crippen LogP contribution in [0.3, 0.4) is 0 Å². The molecule has 1 unspecified atom stereocenters. The zero-order valence-corrected chi connectivity index (χ0v) is 11.8. The molecule has 0 aliphatic carbocycles. The lowest BCUT2D eigenvalue weighted by Gasteiger charge is -2.22. The summed E-state index contributed by atoms with van der Waals surface area (Å²) >= 11 is 0. The maximum Gasteiger partial charge on any atom is 0.256 e. The van der Waals surface area contributed by atoms with E-state index >= 15 is 0 Å². The summed E-state index contributed by atoms with van der Waals surface area (Å²) in [6, 6.07) is 5.63. The first-order valence-electron chi connectivity index (χ1n) is 6.71. The second kappa shape index (κ2) is 6.08. The number of anilines is 1. The number of amides is 1. The Morgan fingerprint density at radius 3 is 3.00 bits per heavy atom. The molecule has 1 heterocycles. The van der Waals surface area contributed by atoms with E-state index in [2.05, 4.69) is 17.2 Å². The van der Waals surface area contributed by atoms with Gasteiger partial charge in [-0.25, -0.2) is 0 Å². The van der Waals surface area contributed by atoms with E-state index in [4.69, 9.17) is 9.84 Å². The van der Waals surface area contributed by atoms with Crippen LogP contribution in [0.15, 0.2) is 18.2 Å². The van der Waals surface area contributed by atoms with Crippen molar-refractivity contribution in [3.05, 3.63) is 29.3 Å². The molecule has 0 spiro atoms. The fourth-order valence-corrected chi connectivity index (χ4v) is 2.22. The number of aliphatic hydroxyl groups excluding tert-OH is 1. The highest BCUT2D eigenvalue weighted by molar-refractivity contribution is 5.98. The van der Waals surface area contributed by atoms with E-state index in [0.29, 0.717) is 17.9 Å². The molecule has 1 aromatic rings. The third-order valence-electron chi connectivity index (χ3n) is 3.42. The molecule has 1 atom stereocenters. The summed E-state index contributed by atoms with van der Waals surface area (Å²) in [6.07, 6.45) is 1.62. The molecule has 1 aromatic carbocycles. The predicted molar refractivity (Wildman–Crippen MR) is 77.4 cm³/mol. The Balaban J connectivity index is 2.22. The summed E-state index contributed by atoms with van der Waals surface area (Å²) in [5.41, 5.74) is 1.65. The minimum atomic E-state index is -0.757. The van der Waals surface area contributed by atoms with Crippen molar-refractivity contribution < 1.29 is 14.6 Å². The highest BCUT2D eigenvalue weighted by atomic mass is 16.5. The number of carbonyl (C=O) groups is 1. The molecule has 4 nitrogen and oxygen atoms in total. The van der Waals surface area contributed by atoms with Gasteiger partial charge in [-0.1, -0.05) is 17.9 Å². The lowest BCUT2D eigenvalue weighted by Crippen LogP contribution is -2.39. The number of ether oxygens (including phenoxy) is 1. The maximum atomic E-state index is 12.3. The number of rotatable bonds is 2. The zero-order valence-electron chi connectivity index (χ0n) is 11.8. The van der Waals surface area contributed by atoms with Crippen LogP contribution in [0.25, 0.3) is 0 Å². The summed E-state index contributed by atoms with van der Waals surface area (Å²) in [7, 11) is 0. The van der Waals surface area contributed by atoms with E-state index in [0.717, 1.165) is 18.4 Å². The second-order valence-corrected chi connectivity index (χ2v) is 5.15. The van der Waals surface area contributed by atoms with Crippen molar-refractivity contribution in [2.24, 2.45) is 0 Å². The number of aliphatic hydroxyl groups is 1. The summed E-state index contributed by atoms with van der Waals surface area (Å²) in [5, 5.41) is 11.7. The van der Waals surface area contributed by atoms with Gasteiger partial charge in [0.05, 0.1) is 5.69 Å². The average Bonchev–Trinajstić information content (AvgIpc) is 2.87. The van der Waals surface area contributed by atoms with Gasteiger partial charge in [0.2, 0.25) is 0 Å². The number of nitrogens with one attached hydrogen (secondary N) is 1. The van der Waals surface area contributed by atoms with Crippen molar-refractivity contribution in [3.63, 3.8) is 0 Å². The van der Waals surface area contributed by atoms with Gasteiger partial charge in [0.1, 0.15) is 12.2 Å². The lowest BCUT2D eigenvalue weighted by molar-refractivity contribution is -0.133. The normalized spacial score (nSPS) is 21.1. The summed E-state index contributed by atoms with van der Waals surface area (Å²) in [5.74, 6) is 5.32. The molecule has 0 aromatic heterocycles. The Labute approximate surface area is 119 Å². The molecule has 0 radical (unpaired) electrons. The number of hydrogen-bond acceptors (Lipinski definition) is 3. The van der Waals surface area contributed by atoms with Crippen molar-refractivity contribution in [1.29, 1.82) is 0 Å². The smallest absolute Gasteiger partial charge is 0.256 e. The predicted octanol–water partition coefficient (Wildman–Crippen LogP) is 1.85. The van der Waals surface area contributed by atoms with E-state index in [1.807, 2.05) is 32.0 Å². The van der Waals surface area contributed by atoms with Gasteiger partial charge in [0.15, 0.2) is 0 Å². The Morgan fingerprint density at radius 1 is 1.55 bits per heavy atom. The van der Waals surface area contributed by atoms with E-state index in [-0.39, 0.29) is 12.5 Å². The van der Waals surface area contributed by atoms with Crippen molar-refractivity contribution in [2.75, 3.05) is 18.5 Å². The van der Waals surface area contributed by atoms with Gasteiger partial charge in [-0.2, -0.15) is 0 Å². The first-order valence-corrected chi connectivity index (χ1v) is 6.71. The number of hydrogen-bond donors (Lipinski definition) is 2. The molecular weight excluding hydrogens is 254 g/mol. The van der Waals surface area contributed by atoms with Crippen molar-refractivity contribution in [3.8, 4) is 11.8 Å². The molecule has 1 aliphatic heterocycles. The highest BCUT2D eigenvalue weighted by Crippen LogP contribution is 2.27. The lowest BCUT2D eigenvalue weighted by atomic mass is 10.0. The number of benzene rings is 1. The minimum Gasteiger partial charge on any atom is -0.384 e. The first-order chi connectivity index (χ1) is 9.55. The molecule has 0 saturated carbocycles. The van der Waals surface area contributed by atoms with Gasteiger partial charge in [0.25, 0.3) is 5.91 Å². The van der Waals surface area contributed by atoms with Crippen LogP contribution in [-0.4, -0.2) is 29.8 Å². The molecule has 20 heavy (non-hydrogen) atoms. The third kappa shape index (κ3) is 3.19. The maximum absolute atomic E-state index is 12.3. The third-order valence-corrected chi connectivity index (χ3v) is 3.42. The number of carbonyl (C=O) groups excluding carboxylic acids is 1. The van der Waals surface area contributed by atoms with E-state index in [9.17, 15) is 4.79 Å². The molecular formula is C16H19NO3. The van der Waals surface area contributed by atoms with Gasteiger partial charge < -0.3 is 15.2 Å². The van der Waals surface area contributed by atoms with Crippen LogP contribution in [0.4, 0.5) is 5.69 Å². The van der Waals surface area contributed by atoms with Crippen LogP contribution >= 0.6 is 0 Å². The molecule has 1 saturated heterocycles. The van der Waals surface area contributed by atoms with Gasteiger partial charge >= 0.3 is 0 Å². The molecule has 0 bridgehead atoms.